The Morgan fingerprint density at radius 2 is 2.20 bits per heavy atom. The molecule has 0 aliphatic carbocycles. The highest BCUT2D eigenvalue weighted by Crippen LogP contribution is 2.36. The number of benzene rings is 1. The Morgan fingerprint density at radius 3 is 2.93 bits per heavy atom. The summed E-state index contributed by atoms with van der Waals surface area (Å²) in [4.78, 5) is 0. The normalized spacial score (nSPS) is 26.5. The van der Waals surface area contributed by atoms with E-state index < -0.39 is 0 Å². The monoisotopic (exact) mass is 225 g/mol. The lowest BCUT2D eigenvalue weighted by Gasteiger charge is -2.30. The molecule has 2 rings (SSSR count). The zero-order chi connectivity index (χ0) is 10.7. The van der Waals surface area contributed by atoms with E-state index in [1.165, 1.54) is 0 Å². The average molecular weight is 225 g/mol. The zero-order valence-corrected chi connectivity index (χ0v) is 9.47. The summed E-state index contributed by atoms with van der Waals surface area (Å²) in [6.07, 6.45) is 1.05. The maximum Gasteiger partial charge on any atom is 0.126 e. The first-order valence-electron chi connectivity index (χ1n) is 5.35. The Kier molecular flexibility index (Phi) is 3.65. The number of thioether (sulfide) groups is 1. The highest BCUT2D eigenvalue weighted by molar-refractivity contribution is 7.99. The Bertz CT molecular complexity index is 329. The van der Waals surface area contributed by atoms with E-state index in [0.29, 0.717) is 18.4 Å². The highest BCUT2D eigenvalue weighted by Gasteiger charge is 2.27. The zero-order valence-electron chi connectivity index (χ0n) is 8.66. The summed E-state index contributed by atoms with van der Waals surface area (Å²) >= 11 is 1.93. The molecular weight excluding hydrogens is 209 g/mol. The van der Waals surface area contributed by atoms with Crippen LogP contribution in [0.15, 0.2) is 24.3 Å². The number of nitrogens with two attached hydrogens (primary N) is 1. The first-order chi connectivity index (χ1) is 7.33. The quantitative estimate of drug-likeness (QED) is 0.837. The topological polar surface area (TPSA) is 26.0 Å². The van der Waals surface area contributed by atoms with E-state index in [-0.39, 0.29) is 5.82 Å². The van der Waals surface area contributed by atoms with Crippen molar-refractivity contribution in [2.45, 2.75) is 12.3 Å². The van der Waals surface area contributed by atoms with E-state index in [0.717, 1.165) is 23.5 Å². The van der Waals surface area contributed by atoms with E-state index in [1.807, 2.05) is 23.9 Å². The predicted octanol–water partition coefficient (Wildman–Crippen LogP) is 2.62. The fraction of sp³-hybridized carbons (Fsp3) is 0.500. The van der Waals surface area contributed by atoms with Crippen LogP contribution < -0.4 is 5.73 Å². The molecule has 1 aliphatic rings. The summed E-state index contributed by atoms with van der Waals surface area (Å²) in [5.41, 5.74) is 6.60. The molecule has 2 atom stereocenters. The summed E-state index contributed by atoms with van der Waals surface area (Å²) in [6.45, 7) is 0.659. The first-order valence-corrected chi connectivity index (χ1v) is 6.50. The SMILES string of the molecule is NCC1CSCCC1c1ccccc1F. The minimum absolute atomic E-state index is 0.0761. The van der Waals surface area contributed by atoms with Crippen LogP contribution in [0, 0.1) is 11.7 Å². The van der Waals surface area contributed by atoms with Crippen molar-refractivity contribution in [2.75, 3.05) is 18.1 Å². The van der Waals surface area contributed by atoms with E-state index >= 15 is 0 Å². The molecule has 2 N–H and O–H groups in total. The van der Waals surface area contributed by atoms with Crippen LogP contribution in [-0.4, -0.2) is 18.1 Å². The van der Waals surface area contributed by atoms with Crippen molar-refractivity contribution in [3.05, 3.63) is 35.6 Å². The van der Waals surface area contributed by atoms with Crippen LogP contribution in [-0.2, 0) is 0 Å². The molecule has 1 aliphatic heterocycles. The van der Waals surface area contributed by atoms with Gasteiger partial charge in [0.05, 0.1) is 0 Å². The van der Waals surface area contributed by atoms with Gasteiger partial charge in [-0.05, 0) is 47.9 Å². The summed E-state index contributed by atoms with van der Waals surface area (Å²) in [5.74, 6) is 2.86. The molecule has 1 heterocycles. The summed E-state index contributed by atoms with van der Waals surface area (Å²) in [6, 6.07) is 7.10. The second-order valence-corrected chi connectivity index (χ2v) is 5.14. The van der Waals surface area contributed by atoms with Crippen molar-refractivity contribution in [3.8, 4) is 0 Å². The van der Waals surface area contributed by atoms with Gasteiger partial charge in [0.15, 0.2) is 0 Å². The number of halogens is 1. The standard InChI is InChI=1S/C12H16FNS/c13-12-4-2-1-3-11(12)10-5-6-15-8-9(10)7-14/h1-4,9-10H,5-8,14H2. The number of hydrogen-bond acceptors (Lipinski definition) is 2. The lowest BCUT2D eigenvalue weighted by Crippen LogP contribution is -2.28. The van der Waals surface area contributed by atoms with Crippen molar-refractivity contribution in [1.82, 2.24) is 0 Å². The molecule has 0 saturated carbocycles. The van der Waals surface area contributed by atoms with Gasteiger partial charge in [-0.1, -0.05) is 18.2 Å². The third-order valence-electron chi connectivity index (χ3n) is 3.08. The van der Waals surface area contributed by atoms with Crippen LogP contribution >= 0.6 is 11.8 Å². The molecule has 2 unspecified atom stereocenters. The van der Waals surface area contributed by atoms with Crippen LogP contribution in [0.4, 0.5) is 4.39 Å². The summed E-state index contributed by atoms with van der Waals surface area (Å²) in [5, 5.41) is 0. The van der Waals surface area contributed by atoms with Crippen LogP contribution in [0.5, 0.6) is 0 Å². The number of rotatable bonds is 2. The van der Waals surface area contributed by atoms with Gasteiger partial charge in [0.25, 0.3) is 0 Å². The minimum Gasteiger partial charge on any atom is -0.330 e. The van der Waals surface area contributed by atoms with E-state index in [4.69, 9.17) is 5.73 Å². The van der Waals surface area contributed by atoms with Crippen molar-refractivity contribution in [3.63, 3.8) is 0 Å². The number of hydrogen-bond donors (Lipinski definition) is 1. The van der Waals surface area contributed by atoms with Gasteiger partial charge in [-0.2, -0.15) is 11.8 Å². The fourth-order valence-electron chi connectivity index (χ4n) is 2.21. The predicted molar refractivity (Wildman–Crippen MR) is 63.6 cm³/mol. The fourth-order valence-corrected chi connectivity index (χ4v) is 3.47. The third kappa shape index (κ3) is 2.34. The lowest BCUT2D eigenvalue weighted by atomic mass is 9.84. The van der Waals surface area contributed by atoms with E-state index in [9.17, 15) is 4.39 Å². The van der Waals surface area contributed by atoms with Crippen LogP contribution in [0.1, 0.15) is 17.9 Å². The van der Waals surface area contributed by atoms with Crippen molar-refractivity contribution >= 4 is 11.8 Å². The van der Waals surface area contributed by atoms with Gasteiger partial charge in [-0.15, -0.1) is 0 Å². The first kappa shape index (κ1) is 11.0. The smallest absolute Gasteiger partial charge is 0.126 e. The Hall–Kier alpha value is -0.540. The molecule has 0 bridgehead atoms. The Morgan fingerprint density at radius 1 is 1.40 bits per heavy atom. The Labute approximate surface area is 94.2 Å². The minimum atomic E-state index is -0.0761. The van der Waals surface area contributed by atoms with Crippen molar-refractivity contribution < 1.29 is 4.39 Å². The van der Waals surface area contributed by atoms with Gasteiger partial charge in [-0.3, -0.25) is 0 Å². The van der Waals surface area contributed by atoms with Gasteiger partial charge < -0.3 is 5.73 Å². The summed E-state index contributed by atoms with van der Waals surface area (Å²) < 4.78 is 13.6. The maximum atomic E-state index is 13.6. The van der Waals surface area contributed by atoms with Crippen molar-refractivity contribution in [2.24, 2.45) is 11.7 Å². The molecule has 82 valence electrons. The molecular formula is C12H16FNS. The molecule has 1 fully saturated rings. The lowest BCUT2D eigenvalue weighted by molar-refractivity contribution is 0.437. The van der Waals surface area contributed by atoms with Gasteiger partial charge >= 0.3 is 0 Å². The molecule has 1 nitrogen and oxygen atoms in total. The molecule has 1 aromatic carbocycles. The van der Waals surface area contributed by atoms with E-state index in [1.54, 1.807) is 12.1 Å². The van der Waals surface area contributed by atoms with Gasteiger partial charge in [0.2, 0.25) is 0 Å². The largest absolute Gasteiger partial charge is 0.330 e. The third-order valence-corrected chi connectivity index (χ3v) is 4.27. The van der Waals surface area contributed by atoms with E-state index in [2.05, 4.69) is 0 Å². The molecule has 0 aromatic heterocycles. The summed E-state index contributed by atoms with van der Waals surface area (Å²) in [7, 11) is 0. The molecule has 0 radical (unpaired) electrons. The molecule has 1 saturated heterocycles. The van der Waals surface area contributed by atoms with Crippen LogP contribution in [0.25, 0.3) is 0 Å². The molecule has 1 aromatic rings. The Balaban J connectivity index is 2.24. The maximum absolute atomic E-state index is 13.6. The second-order valence-electron chi connectivity index (χ2n) is 3.99. The molecule has 0 spiro atoms. The van der Waals surface area contributed by atoms with Crippen LogP contribution in [0.3, 0.4) is 0 Å². The van der Waals surface area contributed by atoms with Gasteiger partial charge in [-0.25, -0.2) is 4.39 Å². The highest BCUT2D eigenvalue weighted by atomic mass is 32.2. The second kappa shape index (κ2) is 4.99. The van der Waals surface area contributed by atoms with Crippen molar-refractivity contribution in [1.29, 1.82) is 0 Å². The van der Waals surface area contributed by atoms with Crippen LogP contribution in [0.2, 0.25) is 0 Å². The molecule has 15 heavy (non-hydrogen) atoms. The average Bonchev–Trinajstić information content (AvgIpc) is 2.30. The molecule has 0 amide bonds. The molecule has 3 heteroatoms. The van der Waals surface area contributed by atoms with Gasteiger partial charge in [0, 0.05) is 0 Å². The van der Waals surface area contributed by atoms with Gasteiger partial charge in [0.1, 0.15) is 5.82 Å².